The molecule has 0 aliphatic rings. The molecule has 0 aliphatic carbocycles. The van der Waals surface area contributed by atoms with Crippen molar-refractivity contribution in [1.29, 1.82) is 0 Å². The largest absolute Gasteiger partial charge is 0.322 e. The molecule has 7 heteroatoms. The molecule has 2 N–H and O–H groups in total. The number of H-pyrrole nitrogens is 1. The molecule has 2 aromatic heterocycles. The molecule has 0 unspecified atom stereocenters. The van der Waals surface area contributed by atoms with Crippen LogP contribution in [0.4, 0.5) is 16.0 Å². The molecule has 0 amide bonds. The lowest BCUT2D eigenvalue weighted by Gasteiger charge is -2.02. The van der Waals surface area contributed by atoms with Crippen LogP contribution in [0.2, 0.25) is 0 Å². The number of halogens is 2. The Kier molecular flexibility index (Phi) is 2.68. The number of nitrogens with one attached hydrogen (secondary N) is 2. The Morgan fingerprint density at radius 3 is 2.86 bits per heavy atom. The fraction of sp³-hybridized carbons (Fsp3) is 0. The zero-order valence-corrected chi connectivity index (χ0v) is 12.2. The van der Waals surface area contributed by atoms with E-state index in [0.29, 0.717) is 17.4 Å². The van der Waals surface area contributed by atoms with Gasteiger partial charge < -0.3 is 5.32 Å². The van der Waals surface area contributed by atoms with Gasteiger partial charge in [-0.1, -0.05) is 28.1 Å². The predicted molar refractivity (Wildman–Crippen MR) is 82.2 cm³/mol. The summed E-state index contributed by atoms with van der Waals surface area (Å²) in [6.45, 7) is 0. The Balaban J connectivity index is 1.79. The van der Waals surface area contributed by atoms with Gasteiger partial charge in [0.25, 0.3) is 5.78 Å². The normalized spacial score (nSPS) is 11.3. The van der Waals surface area contributed by atoms with Gasteiger partial charge in [-0.25, -0.2) is 13.9 Å². The second-order valence-electron chi connectivity index (χ2n) is 4.56. The highest BCUT2D eigenvalue weighted by molar-refractivity contribution is 9.10. The molecule has 0 saturated carbocycles. The minimum Gasteiger partial charge on any atom is -0.322 e. The smallest absolute Gasteiger partial charge is 0.253 e. The van der Waals surface area contributed by atoms with Gasteiger partial charge in [-0.05, 0) is 30.3 Å². The molecule has 0 spiro atoms. The number of fused-ring (bicyclic) bond motifs is 3. The maximum Gasteiger partial charge on any atom is 0.253 e. The Labute approximate surface area is 126 Å². The van der Waals surface area contributed by atoms with Crippen LogP contribution < -0.4 is 5.32 Å². The second kappa shape index (κ2) is 4.56. The van der Waals surface area contributed by atoms with Crippen LogP contribution in [0.5, 0.6) is 0 Å². The standard InChI is InChI=1S/C14H9BrFN5/c15-8-5-6-12-11(7-8)18-14-19-13(20-21(12)14)17-10-4-2-1-3-9(10)16/h1-7H,(H2,17,18,19,20). The topological polar surface area (TPSA) is 58.0 Å². The molecule has 0 atom stereocenters. The van der Waals surface area contributed by atoms with Crippen LogP contribution in [-0.4, -0.2) is 19.6 Å². The van der Waals surface area contributed by atoms with Gasteiger partial charge in [-0.3, -0.25) is 5.10 Å². The molecule has 0 bridgehead atoms. The first kappa shape index (κ1) is 12.3. The number of para-hydroxylation sites is 1. The van der Waals surface area contributed by atoms with Crippen molar-refractivity contribution in [2.45, 2.75) is 0 Å². The van der Waals surface area contributed by atoms with Gasteiger partial charge in [0.05, 0.1) is 16.7 Å². The lowest BCUT2D eigenvalue weighted by molar-refractivity contribution is 0.631. The number of hydrogen-bond acceptors (Lipinski definition) is 3. The summed E-state index contributed by atoms with van der Waals surface area (Å²) in [5.74, 6) is 0.634. The summed E-state index contributed by atoms with van der Waals surface area (Å²) in [7, 11) is 0. The molecular weight excluding hydrogens is 337 g/mol. The summed E-state index contributed by atoms with van der Waals surface area (Å²) in [5, 5.41) is 5.98. The number of nitrogens with zero attached hydrogens (tertiary/aromatic N) is 3. The summed E-state index contributed by atoms with van der Waals surface area (Å²) in [4.78, 5) is 8.74. The molecule has 21 heavy (non-hydrogen) atoms. The highest BCUT2D eigenvalue weighted by Gasteiger charge is 2.11. The van der Waals surface area contributed by atoms with E-state index in [1.807, 2.05) is 18.2 Å². The van der Waals surface area contributed by atoms with E-state index in [-0.39, 0.29) is 5.82 Å². The number of benzene rings is 2. The second-order valence-corrected chi connectivity index (χ2v) is 5.47. The van der Waals surface area contributed by atoms with Crippen molar-refractivity contribution >= 4 is 44.4 Å². The van der Waals surface area contributed by atoms with Crippen molar-refractivity contribution < 1.29 is 4.39 Å². The van der Waals surface area contributed by atoms with E-state index in [9.17, 15) is 4.39 Å². The number of hydrogen-bond donors (Lipinski definition) is 2. The third kappa shape index (κ3) is 2.06. The third-order valence-corrected chi connectivity index (χ3v) is 3.65. The fourth-order valence-electron chi connectivity index (χ4n) is 2.20. The number of imidazole rings is 1. The molecule has 0 fully saturated rings. The summed E-state index contributed by atoms with van der Waals surface area (Å²) < 4.78 is 16.3. The molecule has 2 heterocycles. The van der Waals surface area contributed by atoms with Crippen LogP contribution in [0.25, 0.3) is 16.8 Å². The van der Waals surface area contributed by atoms with Gasteiger partial charge in [0.1, 0.15) is 5.82 Å². The summed E-state index contributed by atoms with van der Waals surface area (Å²) in [6, 6.07) is 12.2. The Hall–Kier alpha value is -2.41. The molecule has 0 saturated heterocycles. The molecule has 2 aromatic carbocycles. The lowest BCUT2D eigenvalue weighted by atomic mass is 10.3. The first-order valence-electron chi connectivity index (χ1n) is 6.26. The highest BCUT2D eigenvalue weighted by Crippen LogP contribution is 2.22. The molecule has 104 valence electrons. The van der Waals surface area contributed by atoms with Gasteiger partial charge in [-0.2, -0.15) is 4.98 Å². The maximum absolute atomic E-state index is 13.6. The maximum atomic E-state index is 13.6. The number of rotatable bonds is 2. The third-order valence-electron chi connectivity index (χ3n) is 3.16. The van der Waals surface area contributed by atoms with E-state index >= 15 is 0 Å². The van der Waals surface area contributed by atoms with Crippen molar-refractivity contribution in [2.75, 3.05) is 5.32 Å². The van der Waals surface area contributed by atoms with E-state index in [2.05, 4.69) is 36.3 Å². The zero-order valence-electron chi connectivity index (χ0n) is 10.6. The lowest BCUT2D eigenvalue weighted by Crippen LogP contribution is -1.96. The van der Waals surface area contributed by atoms with Crippen LogP contribution in [0.1, 0.15) is 0 Å². The minimum atomic E-state index is -0.333. The predicted octanol–water partition coefficient (Wildman–Crippen LogP) is 3.86. The fourth-order valence-corrected chi connectivity index (χ4v) is 2.55. The Bertz CT molecular complexity index is 958. The van der Waals surface area contributed by atoms with Crippen LogP contribution in [0.15, 0.2) is 46.9 Å². The highest BCUT2D eigenvalue weighted by atomic mass is 79.9. The van der Waals surface area contributed by atoms with Crippen molar-refractivity contribution in [3.63, 3.8) is 0 Å². The first-order chi connectivity index (χ1) is 10.2. The number of aromatic amines is 1. The molecule has 4 aromatic rings. The average molecular weight is 346 g/mol. The number of aromatic nitrogens is 4. The van der Waals surface area contributed by atoms with Gasteiger partial charge in [0.15, 0.2) is 0 Å². The van der Waals surface area contributed by atoms with Crippen LogP contribution >= 0.6 is 15.9 Å². The van der Waals surface area contributed by atoms with Crippen molar-refractivity contribution in [3.05, 3.63) is 52.8 Å². The molecular formula is C14H9BrFN5. The number of anilines is 2. The van der Waals surface area contributed by atoms with Crippen LogP contribution in [0.3, 0.4) is 0 Å². The van der Waals surface area contributed by atoms with E-state index in [1.165, 1.54) is 6.07 Å². The van der Waals surface area contributed by atoms with E-state index in [4.69, 9.17) is 0 Å². The van der Waals surface area contributed by atoms with E-state index in [1.54, 1.807) is 22.7 Å². The first-order valence-corrected chi connectivity index (χ1v) is 7.05. The van der Waals surface area contributed by atoms with Crippen molar-refractivity contribution in [1.82, 2.24) is 19.6 Å². The molecule has 0 aliphatic heterocycles. The monoisotopic (exact) mass is 345 g/mol. The summed E-state index contributed by atoms with van der Waals surface area (Å²) >= 11 is 3.41. The molecule has 0 radical (unpaired) electrons. The van der Waals surface area contributed by atoms with Crippen molar-refractivity contribution in [2.24, 2.45) is 0 Å². The van der Waals surface area contributed by atoms with Gasteiger partial charge in [-0.15, -0.1) is 0 Å². The summed E-state index contributed by atoms with van der Waals surface area (Å²) in [6.07, 6.45) is 0. The summed E-state index contributed by atoms with van der Waals surface area (Å²) in [5.41, 5.74) is 2.10. The van der Waals surface area contributed by atoms with Crippen molar-refractivity contribution in [3.8, 4) is 0 Å². The van der Waals surface area contributed by atoms with Gasteiger partial charge in [0, 0.05) is 4.47 Å². The van der Waals surface area contributed by atoms with Crippen LogP contribution in [-0.2, 0) is 0 Å². The quantitative estimate of drug-likeness (QED) is 0.580. The molecule has 4 rings (SSSR count). The average Bonchev–Trinajstić information content (AvgIpc) is 2.97. The minimum absolute atomic E-state index is 0.333. The van der Waals surface area contributed by atoms with Crippen LogP contribution in [0, 0.1) is 5.82 Å². The molecule has 5 nitrogen and oxygen atoms in total. The SMILES string of the molecule is Fc1ccccc1Nc1nc2nc3cc(Br)ccc3n2[nH]1. The van der Waals surface area contributed by atoms with Gasteiger partial charge >= 0.3 is 0 Å². The van der Waals surface area contributed by atoms with E-state index in [0.717, 1.165) is 15.5 Å². The van der Waals surface area contributed by atoms with E-state index < -0.39 is 0 Å². The Morgan fingerprint density at radius 2 is 2.00 bits per heavy atom. The zero-order chi connectivity index (χ0) is 14.4. The van der Waals surface area contributed by atoms with Gasteiger partial charge in [0.2, 0.25) is 5.95 Å². The Morgan fingerprint density at radius 1 is 1.14 bits per heavy atom.